The highest BCUT2D eigenvalue weighted by Gasteiger charge is 2.28. The van der Waals surface area contributed by atoms with Gasteiger partial charge in [-0.3, -0.25) is 9.59 Å². The molecule has 6 heteroatoms. The van der Waals surface area contributed by atoms with Crippen molar-refractivity contribution in [2.75, 3.05) is 36.1 Å². The summed E-state index contributed by atoms with van der Waals surface area (Å²) in [4.78, 5) is 28.3. The maximum absolute atomic E-state index is 12.7. The number of carbonyl (C=O) groups is 2. The van der Waals surface area contributed by atoms with E-state index in [2.05, 4.69) is 0 Å². The quantitative estimate of drug-likeness (QED) is 0.861. The molecule has 2 amide bonds. The first kappa shape index (κ1) is 15.5. The first-order valence-corrected chi connectivity index (χ1v) is 8.28. The van der Waals surface area contributed by atoms with Gasteiger partial charge in [-0.2, -0.15) is 0 Å². The highest BCUT2D eigenvalue weighted by Crippen LogP contribution is 2.33. The Hall–Kier alpha value is -3.02. The molecule has 0 N–H and O–H groups in total. The predicted molar refractivity (Wildman–Crippen MR) is 93.2 cm³/mol. The highest BCUT2D eigenvalue weighted by atomic mass is 16.5. The van der Waals surface area contributed by atoms with Crippen LogP contribution in [0.3, 0.4) is 0 Å². The van der Waals surface area contributed by atoms with Gasteiger partial charge in [-0.05, 0) is 24.3 Å². The number of anilines is 2. The number of hydrogen-bond acceptors (Lipinski definition) is 4. The fourth-order valence-electron chi connectivity index (χ4n) is 3.17. The molecule has 4 rings (SSSR count). The molecule has 25 heavy (non-hydrogen) atoms. The van der Waals surface area contributed by atoms with Crippen molar-refractivity contribution in [3.8, 4) is 11.5 Å². The van der Waals surface area contributed by atoms with Crippen LogP contribution in [0.25, 0.3) is 0 Å². The zero-order valence-electron chi connectivity index (χ0n) is 13.7. The Morgan fingerprint density at radius 2 is 1.64 bits per heavy atom. The van der Waals surface area contributed by atoms with Crippen LogP contribution in [-0.4, -0.2) is 38.1 Å². The molecule has 0 saturated heterocycles. The number of para-hydroxylation sites is 4. The Morgan fingerprint density at radius 3 is 2.44 bits per heavy atom. The minimum Gasteiger partial charge on any atom is -0.490 e. The van der Waals surface area contributed by atoms with Crippen LogP contribution in [0.1, 0.15) is 6.42 Å². The summed E-state index contributed by atoms with van der Waals surface area (Å²) in [5, 5.41) is 0. The van der Waals surface area contributed by atoms with E-state index in [1.807, 2.05) is 48.5 Å². The number of nitrogens with zero attached hydrogens (tertiary/aromatic N) is 2. The lowest BCUT2D eigenvalue weighted by molar-refractivity contribution is -0.121. The molecule has 0 aromatic heterocycles. The number of carbonyl (C=O) groups excluding carboxylic acids is 2. The van der Waals surface area contributed by atoms with Crippen molar-refractivity contribution in [1.82, 2.24) is 0 Å². The third-order valence-corrected chi connectivity index (χ3v) is 4.39. The molecule has 0 bridgehead atoms. The van der Waals surface area contributed by atoms with E-state index >= 15 is 0 Å². The number of hydrogen-bond donors (Lipinski definition) is 0. The summed E-state index contributed by atoms with van der Waals surface area (Å²) in [6.45, 7) is 1.33. The van der Waals surface area contributed by atoms with Crippen molar-refractivity contribution in [1.29, 1.82) is 0 Å². The van der Waals surface area contributed by atoms with Gasteiger partial charge >= 0.3 is 0 Å². The standard InChI is InChI=1S/C19H18N2O4/c22-18(21-11-12-24-16-7-3-1-5-14(16)21)9-10-20-15-6-2-4-8-17(15)25-13-19(20)23/h1-8H,9-13H2. The maximum Gasteiger partial charge on any atom is 0.265 e. The molecule has 128 valence electrons. The second-order valence-corrected chi connectivity index (χ2v) is 5.91. The SMILES string of the molecule is O=C(CCN1C(=O)COc2ccccc21)N1CCOc2ccccc21. The van der Waals surface area contributed by atoms with E-state index in [0.717, 1.165) is 11.4 Å². The van der Waals surface area contributed by atoms with Crippen molar-refractivity contribution in [2.24, 2.45) is 0 Å². The molecule has 0 unspecified atom stereocenters. The van der Waals surface area contributed by atoms with Crippen LogP contribution >= 0.6 is 0 Å². The predicted octanol–water partition coefficient (Wildman–Crippen LogP) is 2.23. The van der Waals surface area contributed by atoms with Crippen LogP contribution in [0.5, 0.6) is 11.5 Å². The van der Waals surface area contributed by atoms with Crippen LogP contribution in [0, 0.1) is 0 Å². The second-order valence-electron chi connectivity index (χ2n) is 5.91. The first-order chi connectivity index (χ1) is 12.2. The van der Waals surface area contributed by atoms with E-state index in [9.17, 15) is 9.59 Å². The Bertz CT molecular complexity index is 821. The van der Waals surface area contributed by atoms with E-state index in [-0.39, 0.29) is 24.8 Å². The van der Waals surface area contributed by atoms with E-state index in [4.69, 9.17) is 9.47 Å². The third kappa shape index (κ3) is 2.91. The van der Waals surface area contributed by atoms with Crippen LogP contribution < -0.4 is 19.3 Å². The molecule has 0 radical (unpaired) electrons. The molecule has 0 atom stereocenters. The van der Waals surface area contributed by atoms with Gasteiger partial charge in [0, 0.05) is 13.0 Å². The van der Waals surface area contributed by atoms with Crippen LogP contribution in [0.15, 0.2) is 48.5 Å². The lowest BCUT2D eigenvalue weighted by atomic mass is 10.2. The van der Waals surface area contributed by atoms with Crippen LogP contribution in [-0.2, 0) is 9.59 Å². The Morgan fingerprint density at radius 1 is 0.960 bits per heavy atom. The average molecular weight is 338 g/mol. The smallest absolute Gasteiger partial charge is 0.265 e. The Labute approximate surface area is 145 Å². The minimum absolute atomic E-state index is 0.00555. The average Bonchev–Trinajstić information content (AvgIpc) is 2.66. The molecule has 2 aliphatic rings. The molecule has 2 aromatic carbocycles. The van der Waals surface area contributed by atoms with Gasteiger partial charge in [-0.25, -0.2) is 0 Å². The molecule has 0 aliphatic carbocycles. The fraction of sp³-hybridized carbons (Fsp3) is 0.263. The van der Waals surface area contributed by atoms with E-state index in [0.29, 0.717) is 31.1 Å². The maximum atomic E-state index is 12.7. The van der Waals surface area contributed by atoms with Gasteiger partial charge in [0.1, 0.15) is 18.1 Å². The van der Waals surface area contributed by atoms with Crippen molar-refractivity contribution in [3.05, 3.63) is 48.5 Å². The molecule has 6 nitrogen and oxygen atoms in total. The summed E-state index contributed by atoms with van der Waals surface area (Å²) in [6.07, 6.45) is 0.244. The van der Waals surface area contributed by atoms with Gasteiger partial charge in [0.25, 0.3) is 5.91 Å². The number of rotatable bonds is 3. The molecule has 0 saturated carbocycles. The summed E-state index contributed by atoms with van der Waals surface area (Å²) < 4.78 is 11.0. The zero-order chi connectivity index (χ0) is 17.2. The van der Waals surface area contributed by atoms with Gasteiger partial charge in [0.05, 0.1) is 17.9 Å². The number of ether oxygens (including phenoxy) is 2. The van der Waals surface area contributed by atoms with Crippen LogP contribution in [0.4, 0.5) is 11.4 Å². The van der Waals surface area contributed by atoms with E-state index in [1.54, 1.807) is 9.80 Å². The third-order valence-electron chi connectivity index (χ3n) is 4.39. The summed E-state index contributed by atoms with van der Waals surface area (Å²) >= 11 is 0. The highest BCUT2D eigenvalue weighted by molar-refractivity contribution is 6.00. The van der Waals surface area contributed by atoms with Gasteiger partial charge in [-0.1, -0.05) is 24.3 Å². The van der Waals surface area contributed by atoms with Gasteiger partial charge in [-0.15, -0.1) is 0 Å². The first-order valence-electron chi connectivity index (χ1n) is 8.28. The summed E-state index contributed by atoms with van der Waals surface area (Å²) in [7, 11) is 0. The van der Waals surface area contributed by atoms with E-state index < -0.39 is 0 Å². The lowest BCUT2D eigenvalue weighted by Crippen LogP contribution is -2.43. The topological polar surface area (TPSA) is 59.1 Å². The molecular weight excluding hydrogens is 320 g/mol. The molecule has 2 aromatic rings. The Balaban J connectivity index is 1.49. The molecular formula is C19H18N2O4. The second kappa shape index (κ2) is 6.47. The monoisotopic (exact) mass is 338 g/mol. The zero-order valence-corrected chi connectivity index (χ0v) is 13.7. The molecule has 0 fully saturated rings. The number of benzene rings is 2. The van der Waals surface area contributed by atoms with Crippen molar-refractivity contribution in [2.45, 2.75) is 6.42 Å². The number of fused-ring (bicyclic) bond motifs is 2. The molecule has 2 aliphatic heterocycles. The summed E-state index contributed by atoms with van der Waals surface area (Å²) in [5.41, 5.74) is 1.50. The normalized spacial score (nSPS) is 15.8. The van der Waals surface area contributed by atoms with Crippen molar-refractivity contribution < 1.29 is 19.1 Å². The van der Waals surface area contributed by atoms with E-state index in [1.165, 1.54) is 0 Å². The fourth-order valence-corrected chi connectivity index (χ4v) is 3.17. The van der Waals surface area contributed by atoms with Crippen LogP contribution in [0.2, 0.25) is 0 Å². The molecule has 0 spiro atoms. The van der Waals surface area contributed by atoms with Crippen molar-refractivity contribution in [3.63, 3.8) is 0 Å². The largest absolute Gasteiger partial charge is 0.490 e. The summed E-state index contributed by atoms with van der Waals surface area (Å²) in [5.74, 6) is 1.24. The molecule has 2 heterocycles. The summed E-state index contributed by atoms with van der Waals surface area (Å²) in [6, 6.07) is 14.9. The number of amides is 2. The van der Waals surface area contributed by atoms with Gasteiger partial charge in [0.2, 0.25) is 5.91 Å². The lowest BCUT2D eigenvalue weighted by Gasteiger charge is -2.32. The minimum atomic E-state index is -0.131. The van der Waals surface area contributed by atoms with Crippen molar-refractivity contribution >= 4 is 23.2 Å². The van der Waals surface area contributed by atoms with Gasteiger partial charge in [0.15, 0.2) is 6.61 Å². The van der Waals surface area contributed by atoms with Gasteiger partial charge < -0.3 is 19.3 Å². The Kier molecular flexibility index (Phi) is 4.01.